The first-order valence-corrected chi connectivity index (χ1v) is 20.6. The summed E-state index contributed by atoms with van der Waals surface area (Å²) in [7, 11) is 0. The van der Waals surface area contributed by atoms with Crippen LogP contribution in [0.5, 0.6) is 0 Å². The van der Waals surface area contributed by atoms with Crippen LogP contribution in [-0.2, 0) is 26.2 Å². The first-order valence-electron chi connectivity index (χ1n) is 20.6. The van der Waals surface area contributed by atoms with Crippen LogP contribution in [0.25, 0.3) is 5.57 Å². The molecule has 0 aromatic heterocycles. The number of allylic oxidation sites excluding steroid dienone is 17. The molecular formula is C53H59Cl2Zr. The zero-order chi connectivity index (χ0) is 37.1. The molecular weight excluding hydrogens is 799 g/mol. The molecule has 0 nitrogen and oxygen atoms in total. The zero-order valence-corrected chi connectivity index (χ0v) is 38.7. The van der Waals surface area contributed by atoms with Gasteiger partial charge >= 0.3 is 26.2 Å². The molecule has 7 aliphatic carbocycles. The van der Waals surface area contributed by atoms with Crippen LogP contribution >= 0.6 is 0 Å². The minimum Gasteiger partial charge on any atom is -1.00 e. The van der Waals surface area contributed by atoms with E-state index in [0.29, 0.717) is 5.92 Å². The van der Waals surface area contributed by atoms with Crippen LogP contribution in [0, 0.1) is 50.2 Å². The molecule has 7 atom stereocenters. The average molecular weight is 858 g/mol. The quantitative estimate of drug-likeness (QED) is 0.273. The van der Waals surface area contributed by atoms with Crippen molar-refractivity contribution < 1.29 is 51.0 Å². The van der Waals surface area contributed by atoms with Gasteiger partial charge in [0.25, 0.3) is 0 Å². The van der Waals surface area contributed by atoms with Crippen LogP contribution < -0.4 is 24.8 Å². The van der Waals surface area contributed by atoms with Crippen molar-refractivity contribution in [1.82, 2.24) is 0 Å². The summed E-state index contributed by atoms with van der Waals surface area (Å²) < 4.78 is 0. The van der Waals surface area contributed by atoms with Crippen LogP contribution in [0.1, 0.15) is 105 Å². The van der Waals surface area contributed by atoms with Crippen molar-refractivity contribution in [3.05, 3.63) is 178 Å². The average Bonchev–Trinajstić information content (AvgIpc) is 3.73. The Hall–Kier alpha value is -2.57. The minimum absolute atomic E-state index is 0. The third kappa shape index (κ3) is 5.08. The van der Waals surface area contributed by atoms with E-state index in [2.05, 4.69) is 189 Å². The Morgan fingerprint density at radius 1 is 0.625 bits per heavy atom. The van der Waals surface area contributed by atoms with Crippen LogP contribution in [-0.4, -0.2) is 0 Å². The Labute approximate surface area is 370 Å². The largest absolute Gasteiger partial charge is 3.00 e. The third-order valence-electron chi connectivity index (χ3n) is 17.7. The second-order valence-corrected chi connectivity index (χ2v) is 18.9. The van der Waals surface area contributed by atoms with E-state index < -0.39 is 0 Å². The van der Waals surface area contributed by atoms with Crippen LogP contribution in [0.15, 0.2) is 161 Å². The van der Waals surface area contributed by atoms with Crippen molar-refractivity contribution in [2.45, 2.75) is 93.9 Å². The molecule has 7 unspecified atom stereocenters. The Morgan fingerprint density at radius 2 is 1.12 bits per heavy atom. The predicted octanol–water partition coefficient (Wildman–Crippen LogP) is 8.11. The van der Waals surface area contributed by atoms with Gasteiger partial charge in [0.15, 0.2) is 0 Å². The summed E-state index contributed by atoms with van der Waals surface area (Å²) >= 11 is 0. The number of benzene rings is 2. The van der Waals surface area contributed by atoms with Crippen molar-refractivity contribution in [2.24, 2.45) is 43.8 Å². The van der Waals surface area contributed by atoms with E-state index in [1.807, 2.05) is 0 Å². The van der Waals surface area contributed by atoms with Gasteiger partial charge in [-0.25, -0.2) is 12.0 Å². The Balaban J connectivity index is 0.00000177. The van der Waals surface area contributed by atoms with Gasteiger partial charge in [-0.2, -0.15) is 6.08 Å². The molecule has 1 radical (unpaired) electrons. The number of halogens is 2. The summed E-state index contributed by atoms with van der Waals surface area (Å²) in [6.45, 7) is 20.9. The van der Waals surface area contributed by atoms with Gasteiger partial charge in [0.05, 0.1) is 0 Å². The fraction of sp³-hybridized carbons (Fsp3) is 0.415. The molecule has 3 saturated carbocycles. The maximum absolute atomic E-state index is 2.79. The predicted molar refractivity (Wildman–Crippen MR) is 225 cm³/mol. The van der Waals surface area contributed by atoms with Crippen molar-refractivity contribution in [1.29, 1.82) is 0 Å². The zero-order valence-electron chi connectivity index (χ0n) is 34.8. The summed E-state index contributed by atoms with van der Waals surface area (Å²) in [6, 6.07) is 22.4. The van der Waals surface area contributed by atoms with E-state index in [1.165, 1.54) is 76.7 Å². The van der Waals surface area contributed by atoms with Gasteiger partial charge in [-0.3, -0.25) is 0 Å². The second kappa shape index (κ2) is 14.6. The summed E-state index contributed by atoms with van der Waals surface area (Å²) in [4.78, 5) is 0. The summed E-state index contributed by atoms with van der Waals surface area (Å²) in [5, 5.41) is 0. The molecule has 7 aliphatic rings. The van der Waals surface area contributed by atoms with Crippen molar-refractivity contribution in [3.63, 3.8) is 0 Å². The standard InChI is InChI=1S/C53H59.2ClH.Zr/c1-37-45(42-29-28-41(34-42)38-22-12-9-13-23-38)44(46(39-24-14-10-15-25-39)40-26-16-11-17-27-40)35-43-36-51(6)49(4)32-19-18-30-47(49,2)48(3)31-20-21-33-50(48,5)53(51,8)52(37,43)7;;;/h10-11,14-21,24-28,30-36,38H,9,12-13,22-23,29H2,1-8H3;2*1H;/q-1;;;+3/p-2. The van der Waals surface area contributed by atoms with Crippen LogP contribution in [0.4, 0.5) is 0 Å². The SMILES string of the molecule is CC1=C(C2=CC(C3CCCCC3)=CC2)C(=C(c2ccccc2)c2ccccc2)C=C2[CH-]C3(C)C4(C)C=CC=CC4(C)C4(C)C=CC=CC4(C)C3(C)C21C.[Cl-].[Cl-].[Zr+3]. The Morgan fingerprint density at radius 3 is 1.68 bits per heavy atom. The third-order valence-corrected chi connectivity index (χ3v) is 17.7. The van der Waals surface area contributed by atoms with Crippen LogP contribution in [0.2, 0.25) is 0 Å². The molecule has 0 amide bonds. The van der Waals surface area contributed by atoms with E-state index in [1.54, 1.807) is 5.57 Å². The molecule has 3 heteroatoms. The number of fused-ring (bicyclic) bond motifs is 8. The molecule has 0 heterocycles. The molecule has 0 bridgehead atoms. The van der Waals surface area contributed by atoms with Crippen molar-refractivity contribution in [2.75, 3.05) is 0 Å². The molecule has 0 spiro atoms. The molecule has 0 saturated heterocycles. The smallest absolute Gasteiger partial charge is 1.00 e. The van der Waals surface area contributed by atoms with Gasteiger partial charge in [-0.05, 0) is 81.8 Å². The van der Waals surface area contributed by atoms with E-state index >= 15 is 0 Å². The van der Waals surface area contributed by atoms with Crippen molar-refractivity contribution >= 4 is 5.57 Å². The molecule has 2 aromatic rings. The van der Waals surface area contributed by atoms with Gasteiger partial charge in [0, 0.05) is 16.2 Å². The molecule has 3 fully saturated rings. The van der Waals surface area contributed by atoms with Gasteiger partial charge < -0.3 is 24.8 Å². The van der Waals surface area contributed by atoms with Gasteiger partial charge in [-0.15, -0.1) is 0 Å². The maximum Gasteiger partial charge on any atom is 3.00 e. The second-order valence-electron chi connectivity index (χ2n) is 18.9. The molecule has 0 N–H and O–H groups in total. The fourth-order valence-corrected chi connectivity index (χ4v) is 13.8. The minimum atomic E-state index is -0.224. The normalized spacial score (nSPS) is 37.6. The van der Waals surface area contributed by atoms with E-state index in [4.69, 9.17) is 0 Å². The number of hydrogen-bond acceptors (Lipinski definition) is 0. The molecule has 0 aliphatic heterocycles. The summed E-state index contributed by atoms with van der Waals surface area (Å²) in [6.07, 6.45) is 38.2. The fourth-order valence-electron chi connectivity index (χ4n) is 13.8. The first kappa shape index (κ1) is 43.0. The van der Waals surface area contributed by atoms with Crippen LogP contribution in [0.3, 0.4) is 0 Å². The summed E-state index contributed by atoms with van der Waals surface area (Å²) in [5.41, 5.74) is 11.8. The molecule has 2 aromatic carbocycles. The molecule has 289 valence electrons. The van der Waals surface area contributed by atoms with Gasteiger partial charge in [0.2, 0.25) is 0 Å². The first-order chi connectivity index (χ1) is 25.3. The van der Waals surface area contributed by atoms with Gasteiger partial charge in [0.1, 0.15) is 0 Å². The number of hydrogen-bond donors (Lipinski definition) is 0. The van der Waals surface area contributed by atoms with E-state index in [9.17, 15) is 0 Å². The monoisotopic (exact) mass is 855 g/mol. The Bertz CT molecular complexity index is 2130. The topological polar surface area (TPSA) is 0 Å². The van der Waals surface area contributed by atoms with Gasteiger partial charge in [-0.1, -0.05) is 206 Å². The van der Waals surface area contributed by atoms with Crippen molar-refractivity contribution in [3.8, 4) is 0 Å². The maximum atomic E-state index is 2.79. The molecule has 56 heavy (non-hydrogen) atoms. The number of rotatable bonds is 4. The molecule has 9 rings (SSSR count). The Kier molecular flexibility index (Phi) is 11.2. The van der Waals surface area contributed by atoms with E-state index in [-0.39, 0.29) is 88.9 Å². The summed E-state index contributed by atoms with van der Waals surface area (Å²) in [5.74, 6) is 0.698. The van der Waals surface area contributed by atoms with E-state index in [0.717, 1.165) is 6.42 Å².